The highest BCUT2D eigenvalue weighted by atomic mass is 32.2. The van der Waals surface area contributed by atoms with Crippen molar-refractivity contribution in [2.75, 3.05) is 33.9 Å². The van der Waals surface area contributed by atoms with Crippen LogP contribution >= 0.6 is 12.0 Å². The predicted molar refractivity (Wildman–Crippen MR) is 113 cm³/mol. The lowest BCUT2D eigenvalue weighted by molar-refractivity contribution is -0.140. The second-order valence-corrected chi connectivity index (χ2v) is 7.28. The van der Waals surface area contributed by atoms with Crippen LogP contribution in [0, 0.1) is 0 Å². The van der Waals surface area contributed by atoms with Gasteiger partial charge in [-0.1, -0.05) is 12.1 Å². The number of nitrogens with zero attached hydrogens (tertiary/aromatic N) is 2. The molecule has 2 aromatic rings. The van der Waals surface area contributed by atoms with E-state index in [1.54, 1.807) is 24.3 Å². The Kier molecular flexibility index (Phi) is 12.8. The zero-order valence-electron chi connectivity index (χ0n) is 17.5. The molecule has 1 aliphatic rings. The minimum atomic E-state index is -4.38. The van der Waals surface area contributed by atoms with Crippen molar-refractivity contribution < 1.29 is 32.0 Å². The lowest BCUT2D eigenvalue weighted by atomic mass is 10.2. The molecular weight excluding hydrogens is 433 g/mol. The molecule has 6 nitrogen and oxygen atoms in total. The number of hydrogen-bond acceptors (Lipinski definition) is 7. The first kappa shape index (κ1) is 26.9. The number of hydrogen-bond donors (Lipinski definition) is 1. The summed E-state index contributed by atoms with van der Waals surface area (Å²) in [6, 6.07) is 9.14. The molecule has 0 bridgehead atoms. The molecule has 1 aromatic carbocycles. The standard InChI is InChI=1S/C9H10O3.C7H6F3NOS.C5H11N/c10-5-6-12-9-3-1-8(7-11)2-4-9;1-12-13-6-5(7(8,9)10)3-2-4-11-6;1-6-4-2-3-5-6/h1-5,11H,6-7H2;2-4H,1H3;2-5H2,1H3. The number of alkyl halides is 3. The van der Waals surface area contributed by atoms with Gasteiger partial charge in [-0.25, -0.2) is 4.98 Å². The van der Waals surface area contributed by atoms with Gasteiger partial charge in [-0.05, 0) is 62.8 Å². The molecule has 0 spiro atoms. The number of carbonyl (C=O) groups excluding carboxylic acids is 1. The highest BCUT2D eigenvalue weighted by Crippen LogP contribution is 2.35. The fraction of sp³-hybridized carbons (Fsp3) is 0.429. The van der Waals surface area contributed by atoms with Crippen LogP contribution in [0.25, 0.3) is 0 Å². The van der Waals surface area contributed by atoms with Gasteiger partial charge in [0.25, 0.3) is 0 Å². The van der Waals surface area contributed by atoms with Crippen molar-refractivity contribution in [3.63, 3.8) is 0 Å². The molecular formula is C21H27F3N2O4S. The topological polar surface area (TPSA) is 71.9 Å². The Hall–Kier alpha value is -2.14. The van der Waals surface area contributed by atoms with Gasteiger partial charge in [-0.3, -0.25) is 4.79 Å². The van der Waals surface area contributed by atoms with Crippen molar-refractivity contribution in [2.24, 2.45) is 0 Å². The molecule has 172 valence electrons. The molecule has 2 heterocycles. The smallest absolute Gasteiger partial charge is 0.419 e. The molecule has 0 saturated carbocycles. The average molecular weight is 461 g/mol. The highest BCUT2D eigenvalue weighted by molar-refractivity contribution is 7.94. The Morgan fingerprint density at radius 3 is 2.29 bits per heavy atom. The van der Waals surface area contributed by atoms with Crippen LogP contribution in [-0.4, -0.2) is 55.1 Å². The molecule has 0 aliphatic carbocycles. The Morgan fingerprint density at radius 2 is 1.84 bits per heavy atom. The summed E-state index contributed by atoms with van der Waals surface area (Å²) in [6.45, 7) is 2.73. The van der Waals surface area contributed by atoms with E-state index in [2.05, 4.69) is 21.1 Å². The van der Waals surface area contributed by atoms with Crippen LogP contribution < -0.4 is 4.74 Å². The van der Waals surface area contributed by atoms with Gasteiger partial charge in [0.15, 0.2) is 6.29 Å². The van der Waals surface area contributed by atoms with Gasteiger partial charge in [0, 0.05) is 18.2 Å². The quantitative estimate of drug-likeness (QED) is 0.511. The van der Waals surface area contributed by atoms with Crippen LogP contribution in [-0.2, 0) is 21.8 Å². The van der Waals surface area contributed by atoms with Crippen LogP contribution in [0.1, 0.15) is 24.0 Å². The summed E-state index contributed by atoms with van der Waals surface area (Å²) in [6.07, 6.45) is 0.429. The van der Waals surface area contributed by atoms with Gasteiger partial charge in [0.05, 0.1) is 19.3 Å². The molecule has 1 aromatic heterocycles. The van der Waals surface area contributed by atoms with E-state index in [9.17, 15) is 18.0 Å². The third-order valence-electron chi connectivity index (χ3n) is 3.99. The van der Waals surface area contributed by atoms with E-state index in [1.807, 2.05) is 0 Å². The third-order valence-corrected chi connectivity index (χ3v) is 4.64. The second kappa shape index (κ2) is 14.8. The van der Waals surface area contributed by atoms with Crippen LogP contribution in [0.5, 0.6) is 5.75 Å². The number of benzene rings is 1. The molecule has 1 N–H and O–H groups in total. The number of aldehydes is 1. The fourth-order valence-electron chi connectivity index (χ4n) is 2.45. The summed E-state index contributed by atoms with van der Waals surface area (Å²) in [7, 11) is 3.46. The van der Waals surface area contributed by atoms with Crippen molar-refractivity contribution >= 4 is 18.3 Å². The van der Waals surface area contributed by atoms with Crippen molar-refractivity contribution in [3.05, 3.63) is 53.7 Å². The highest BCUT2D eigenvalue weighted by Gasteiger charge is 2.34. The molecule has 1 fully saturated rings. The van der Waals surface area contributed by atoms with E-state index >= 15 is 0 Å². The first-order chi connectivity index (χ1) is 14.8. The maximum absolute atomic E-state index is 12.3. The molecule has 0 amide bonds. The fourth-order valence-corrected chi connectivity index (χ4v) is 2.98. The summed E-state index contributed by atoms with van der Waals surface area (Å²) in [5.74, 6) is 0.638. The summed E-state index contributed by atoms with van der Waals surface area (Å²) < 4.78 is 46.3. The summed E-state index contributed by atoms with van der Waals surface area (Å²) >= 11 is 0.598. The van der Waals surface area contributed by atoms with Gasteiger partial charge < -0.3 is 18.9 Å². The molecule has 0 unspecified atom stereocenters. The third kappa shape index (κ3) is 11.2. The molecule has 3 rings (SSSR count). The van der Waals surface area contributed by atoms with E-state index in [-0.39, 0.29) is 18.2 Å². The van der Waals surface area contributed by atoms with Crippen LogP contribution in [0.15, 0.2) is 47.6 Å². The maximum Gasteiger partial charge on any atom is 0.419 e. The van der Waals surface area contributed by atoms with Gasteiger partial charge in [-0.15, -0.1) is 0 Å². The van der Waals surface area contributed by atoms with Crippen LogP contribution in [0.2, 0.25) is 0 Å². The SMILES string of the molecule is CN1CCCC1.COSc1ncccc1C(F)(F)F.O=CCOc1ccc(CO)cc1. The zero-order valence-corrected chi connectivity index (χ0v) is 18.3. The maximum atomic E-state index is 12.3. The normalized spacial score (nSPS) is 13.5. The number of rotatable bonds is 6. The van der Waals surface area contributed by atoms with Gasteiger partial charge in [0.1, 0.15) is 17.4 Å². The molecule has 1 saturated heterocycles. The lowest BCUT2D eigenvalue weighted by Gasteiger charge is -2.09. The zero-order chi connectivity index (χ0) is 23.1. The molecule has 10 heteroatoms. The first-order valence-corrected chi connectivity index (χ1v) is 10.2. The van der Waals surface area contributed by atoms with Crippen LogP contribution in [0.3, 0.4) is 0 Å². The Bertz CT molecular complexity index is 755. The molecule has 0 radical (unpaired) electrons. The lowest BCUT2D eigenvalue weighted by Crippen LogP contribution is -2.10. The van der Waals surface area contributed by atoms with Crippen molar-refractivity contribution in [3.8, 4) is 5.75 Å². The molecule has 1 aliphatic heterocycles. The number of halogens is 3. The minimum Gasteiger partial charge on any atom is -0.486 e. The van der Waals surface area contributed by atoms with Crippen molar-refractivity contribution in [1.82, 2.24) is 9.88 Å². The molecule has 31 heavy (non-hydrogen) atoms. The number of likely N-dealkylation sites (tertiary alicyclic amines) is 1. The monoisotopic (exact) mass is 460 g/mol. The van der Waals surface area contributed by atoms with Gasteiger partial charge in [-0.2, -0.15) is 13.2 Å². The summed E-state index contributed by atoms with van der Waals surface area (Å²) in [5, 5.41) is 8.54. The Balaban J connectivity index is 0.000000247. The number of aromatic nitrogens is 1. The summed E-state index contributed by atoms with van der Waals surface area (Å²) in [4.78, 5) is 15.9. The largest absolute Gasteiger partial charge is 0.486 e. The number of ether oxygens (including phenoxy) is 1. The number of aliphatic hydroxyl groups is 1. The van der Waals surface area contributed by atoms with Crippen molar-refractivity contribution in [2.45, 2.75) is 30.7 Å². The van der Waals surface area contributed by atoms with Crippen molar-refractivity contribution in [1.29, 1.82) is 0 Å². The minimum absolute atomic E-state index is 0.0218. The second-order valence-electron chi connectivity index (χ2n) is 6.39. The van der Waals surface area contributed by atoms with Crippen LogP contribution in [0.4, 0.5) is 13.2 Å². The van der Waals surface area contributed by atoms with E-state index in [0.717, 1.165) is 11.6 Å². The average Bonchev–Trinajstić information content (AvgIpc) is 3.24. The summed E-state index contributed by atoms with van der Waals surface area (Å²) in [5.41, 5.74) is 0.0512. The number of carbonyl (C=O) groups is 1. The molecule has 0 atom stereocenters. The van der Waals surface area contributed by atoms with E-state index in [4.69, 9.17) is 9.84 Å². The van der Waals surface area contributed by atoms with Gasteiger partial charge >= 0.3 is 6.18 Å². The Labute approximate surface area is 184 Å². The van der Waals surface area contributed by atoms with Gasteiger partial charge in [0.2, 0.25) is 0 Å². The number of pyridine rings is 1. The van der Waals surface area contributed by atoms with E-state index < -0.39 is 11.7 Å². The Morgan fingerprint density at radius 1 is 1.19 bits per heavy atom. The van der Waals surface area contributed by atoms with E-state index in [1.165, 1.54) is 45.3 Å². The first-order valence-electron chi connectivity index (χ1n) is 9.49. The predicted octanol–water partition coefficient (Wildman–Crippen LogP) is 4.22. The van der Waals surface area contributed by atoms with E-state index in [0.29, 0.717) is 24.1 Å². The number of aliphatic hydroxyl groups excluding tert-OH is 1.